The van der Waals surface area contributed by atoms with Crippen molar-refractivity contribution in [3.8, 4) is 46.0 Å². The highest BCUT2D eigenvalue weighted by Gasteiger charge is 2.35. The molecule has 0 fully saturated rings. The molecule has 36 nitrogen and oxygen atoms in total. The fourth-order valence-corrected chi connectivity index (χ4v) is 14.4. The number of hydrogen-bond donors (Lipinski definition) is 8. The second-order valence-electron chi connectivity index (χ2n) is 33.8. The Labute approximate surface area is 708 Å². The SMILES string of the molecule is CC(C)(C)c1cc2c(OCC(=O)O)c(c1)Cc1cc(C(C)(C)C)cc(c1OCC(=O)O)Cc1cc(C(C)(C)C)cc(c1OCC(=O)O)Cc1cc(C(C)(C)C)cc(c1OCC(=O)O)C2.O=C(O)COc1c2cc([N+](=O)[O-])cc1Cc1cc([N+](=O)[O-])cc(c1OCC(=O)O)Cc1cc([N+](=O)[O-])cc(c1OCC(=O)O)Cc1cc([N+](=O)[O-])cc(c1OCC(=O)O)C2. The number of rotatable bonds is 28. The number of nitrogens with zero attached hydrogens (tertiary/aromatic N) is 4. The standard InChI is InChI=1S/C52H64O12.C36H28N4O20/c1-49(2,3)37-17-29-13-31-19-38(50(4,5)6)21-33(46(31)62-26-42(55)56)15-35-23-40(52(10,11)12)24-36(48(35)64-28-44(59)60)16-34-22-39(51(7,8)9)20-32(47(34)63-27-43(57)58)14-30(18-37)45(29)61-25-41(53)54;41-29(42)13-57-33-17-1-18-6-26(38(51)52)8-20(34(18)58-14-30(43)44)3-22-10-28(40(55)56)12-24(36(22)60-16-32(47)48)4-23-11-27(39(53)54)9-21(35(23)59-15-31(45)46)2-19(33)7-25(5-17)37(49)50/h17-24H,13-16,25-28H2,1-12H3,(H,53,54)(H,55,56)(H,57,58)(H,59,60);5-12H,1-4,13-16H2,(H,41,42)(H,43,44)(H,45,46)(H,47,48). The van der Waals surface area contributed by atoms with Crippen LogP contribution >= 0.6 is 0 Å². The Hall–Kier alpha value is -14.5. The molecule has 0 aromatic heterocycles. The van der Waals surface area contributed by atoms with Crippen molar-refractivity contribution < 1.29 is 137 Å². The van der Waals surface area contributed by atoms with Crippen molar-refractivity contribution in [3.63, 3.8) is 0 Å². The van der Waals surface area contributed by atoms with Gasteiger partial charge >= 0.3 is 47.8 Å². The molecule has 0 radical (unpaired) electrons. The van der Waals surface area contributed by atoms with Gasteiger partial charge in [0.2, 0.25) is 0 Å². The maximum atomic E-state index is 12.3. The molecule has 0 heterocycles. The molecule has 0 amide bonds. The van der Waals surface area contributed by atoms with Crippen LogP contribution in [0.2, 0.25) is 0 Å². The molecule has 8 aromatic carbocycles. The number of carboxylic acid groups (broad SMARTS) is 8. The molecule has 0 aliphatic heterocycles. The molecule has 0 unspecified atom stereocenters. The van der Waals surface area contributed by atoms with Crippen LogP contribution in [0.5, 0.6) is 46.0 Å². The van der Waals surface area contributed by atoms with Gasteiger partial charge in [0.15, 0.2) is 52.9 Å². The van der Waals surface area contributed by atoms with E-state index in [1.165, 1.54) is 0 Å². The monoisotopic (exact) mass is 1720 g/mol. The van der Waals surface area contributed by atoms with Gasteiger partial charge in [0.25, 0.3) is 22.7 Å². The molecule has 0 spiro atoms. The van der Waals surface area contributed by atoms with Gasteiger partial charge in [-0.15, -0.1) is 0 Å². The topological polar surface area (TPSA) is 545 Å². The molecule has 656 valence electrons. The second kappa shape index (κ2) is 38.1. The van der Waals surface area contributed by atoms with Crippen molar-refractivity contribution in [2.75, 3.05) is 52.9 Å². The van der Waals surface area contributed by atoms with Crippen LogP contribution in [0.15, 0.2) is 97.1 Å². The predicted octanol–water partition coefficient (Wildman–Crippen LogP) is 13.3. The van der Waals surface area contributed by atoms with E-state index >= 15 is 0 Å². The van der Waals surface area contributed by atoms with Crippen LogP contribution < -0.4 is 37.9 Å². The number of non-ortho nitro benzene ring substituents is 4. The van der Waals surface area contributed by atoms with E-state index in [0.29, 0.717) is 67.5 Å². The molecule has 0 saturated carbocycles. The van der Waals surface area contributed by atoms with Crippen molar-refractivity contribution in [1.29, 1.82) is 0 Å². The van der Waals surface area contributed by atoms with Crippen molar-refractivity contribution >= 4 is 70.5 Å². The fourth-order valence-electron chi connectivity index (χ4n) is 14.4. The number of carbonyl (C=O) groups is 8. The van der Waals surface area contributed by atoms with Gasteiger partial charge in [0, 0.05) is 144 Å². The first-order chi connectivity index (χ1) is 57.8. The minimum absolute atomic E-state index is 0.142. The number of nitro benzene ring substituents is 4. The van der Waals surface area contributed by atoms with E-state index in [-0.39, 0.29) is 93.2 Å². The van der Waals surface area contributed by atoms with Gasteiger partial charge in [0.05, 0.1) is 19.7 Å². The molecular formula is C88H92N4O32. The molecule has 2 aliphatic rings. The summed E-state index contributed by atoms with van der Waals surface area (Å²) in [6.07, 6.45) is -2.05. The smallest absolute Gasteiger partial charge is 0.341 e. The van der Waals surface area contributed by atoms with Crippen LogP contribution in [-0.4, -0.2) is 161 Å². The lowest BCUT2D eigenvalue weighted by Gasteiger charge is -2.29. The summed E-state index contributed by atoms with van der Waals surface area (Å²) in [5.74, 6) is -11.1. The molecule has 2 aliphatic carbocycles. The Morgan fingerprint density at radius 2 is 0.323 bits per heavy atom. The Balaban J connectivity index is 0.000000282. The highest BCUT2D eigenvalue weighted by molar-refractivity contribution is 5.75. The number of ether oxygens (including phenoxy) is 8. The second-order valence-corrected chi connectivity index (χ2v) is 33.8. The van der Waals surface area contributed by atoms with E-state index < -0.39 is 190 Å². The van der Waals surface area contributed by atoms with E-state index in [0.717, 1.165) is 70.8 Å². The van der Waals surface area contributed by atoms with Crippen LogP contribution in [0.4, 0.5) is 22.7 Å². The summed E-state index contributed by atoms with van der Waals surface area (Å²) >= 11 is 0. The van der Waals surface area contributed by atoms with Crippen LogP contribution in [-0.2, 0) is 111 Å². The van der Waals surface area contributed by atoms with Crippen molar-refractivity contribution in [2.45, 2.75) is 156 Å². The number of aliphatic carboxylic acids is 8. The van der Waals surface area contributed by atoms with Gasteiger partial charge in [-0.2, -0.15) is 0 Å². The summed E-state index contributed by atoms with van der Waals surface area (Å²) in [6.45, 7) is 18.0. The van der Waals surface area contributed by atoms with Gasteiger partial charge in [-0.1, -0.05) is 132 Å². The number of fused-ring (bicyclic) bond motifs is 16. The van der Waals surface area contributed by atoms with E-state index in [1.807, 2.05) is 48.5 Å². The quantitative estimate of drug-likeness (QED) is 0.0167. The predicted molar refractivity (Wildman–Crippen MR) is 440 cm³/mol. The van der Waals surface area contributed by atoms with Crippen LogP contribution in [0.1, 0.15) is 194 Å². The maximum absolute atomic E-state index is 12.3. The lowest BCUT2D eigenvalue weighted by Crippen LogP contribution is -2.20. The van der Waals surface area contributed by atoms with E-state index in [2.05, 4.69) is 83.1 Å². The van der Waals surface area contributed by atoms with Gasteiger partial charge in [0.1, 0.15) is 46.0 Å². The van der Waals surface area contributed by atoms with Crippen LogP contribution in [0.25, 0.3) is 0 Å². The number of carboxylic acids is 8. The zero-order chi connectivity index (χ0) is 91.7. The Morgan fingerprint density at radius 1 is 0.226 bits per heavy atom. The van der Waals surface area contributed by atoms with E-state index in [1.54, 1.807) is 0 Å². The molecule has 124 heavy (non-hydrogen) atoms. The molecule has 8 aromatic rings. The molecular weight excluding hydrogens is 1620 g/mol. The largest absolute Gasteiger partial charge is 0.481 e. The number of benzene rings is 8. The average molecular weight is 1720 g/mol. The molecule has 10 rings (SSSR count). The van der Waals surface area contributed by atoms with E-state index in [9.17, 15) is 120 Å². The third-order valence-corrected chi connectivity index (χ3v) is 20.0. The number of nitro groups is 4. The summed E-state index contributed by atoms with van der Waals surface area (Å²) in [7, 11) is 0. The van der Waals surface area contributed by atoms with Gasteiger partial charge in [-0.3, -0.25) is 40.5 Å². The first-order valence-electron chi connectivity index (χ1n) is 38.4. The van der Waals surface area contributed by atoms with Crippen LogP contribution in [0.3, 0.4) is 0 Å². The molecule has 16 bridgehead atoms. The van der Waals surface area contributed by atoms with Crippen molar-refractivity contribution in [2.24, 2.45) is 0 Å². The molecule has 36 heteroatoms. The summed E-state index contributed by atoms with van der Waals surface area (Å²) in [6, 6.07) is 23.3. The fraction of sp³-hybridized carbons (Fsp3) is 0.364. The zero-order valence-corrected chi connectivity index (χ0v) is 69.7. The summed E-state index contributed by atoms with van der Waals surface area (Å²) in [5.41, 5.74) is 2.61. The summed E-state index contributed by atoms with van der Waals surface area (Å²) in [4.78, 5) is 142. The maximum Gasteiger partial charge on any atom is 0.341 e. The lowest BCUT2D eigenvalue weighted by molar-refractivity contribution is -0.385. The molecule has 8 N–H and O–H groups in total. The highest BCUT2D eigenvalue weighted by Crippen LogP contribution is 2.48. The summed E-state index contributed by atoms with van der Waals surface area (Å²) in [5, 5.41) is 127. The first kappa shape index (κ1) is 93.4. The van der Waals surface area contributed by atoms with Gasteiger partial charge in [-0.25, -0.2) is 38.4 Å². The number of hydrogen-bond acceptors (Lipinski definition) is 24. The Bertz CT molecular complexity index is 4770. The van der Waals surface area contributed by atoms with Crippen LogP contribution in [0, 0.1) is 40.5 Å². The molecule has 0 saturated heterocycles. The summed E-state index contributed by atoms with van der Waals surface area (Å²) < 4.78 is 47.6. The Kier molecular flexibility index (Phi) is 28.7. The first-order valence-corrected chi connectivity index (χ1v) is 38.4. The van der Waals surface area contributed by atoms with Gasteiger partial charge in [-0.05, 0) is 88.4 Å². The third kappa shape index (κ3) is 24.0. The Morgan fingerprint density at radius 3 is 0.403 bits per heavy atom. The average Bonchev–Trinajstić information content (AvgIpc) is 0.757. The van der Waals surface area contributed by atoms with Gasteiger partial charge < -0.3 is 78.7 Å². The molecule has 0 atom stereocenters. The highest BCUT2D eigenvalue weighted by atomic mass is 16.6. The lowest BCUT2D eigenvalue weighted by atomic mass is 9.79. The minimum atomic E-state index is -1.53. The third-order valence-electron chi connectivity index (χ3n) is 20.0. The van der Waals surface area contributed by atoms with Crippen molar-refractivity contribution in [3.05, 3.63) is 249 Å². The normalized spacial score (nSPS) is 12.5. The zero-order valence-electron chi connectivity index (χ0n) is 69.7. The van der Waals surface area contributed by atoms with E-state index in [4.69, 9.17) is 37.9 Å². The minimum Gasteiger partial charge on any atom is -0.481 e. The van der Waals surface area contributed by atoms with Crippen molar-refractivity contribution in [1.82, 2.24) is 0 Å².